The Morgan fingerprint density at radius 1 is 1.60 bits per heavy atom. The van der Waals surface area contributed by atoms with Gasteiger partial charge in [-0.25, -0.2) is 14.3 Å². The van der Waals surface area contributed by atoms with Gasteiger partial charge in [0.1, 0.15) is 0 Å². The lowest BCUT2D eigenvalue weighted by atomic mass is 10.3. The molecule has 2 unspecified atom stereocenters. The highest BCUT2D eigenvalue weighted by molar-refractivity contribution is 5.84. The second-order valence-corrected chi connectivity index (χ2v) is 5.26. The number of aromatic nitrogens is 3. The van der Waals surface area contributed by atoms with Crippen molar-refractivity contribution in [3.05, 3.63) is 11.9 Å². The number of urea groups is 1. The highest BCUT2D eigenvalue weighted by Gasteiger charge is 2.34. The van der Waals surface area contributed by atoms with Gasteiger partial charge in [0, 0.05) is 20.1 Å². The van der Waals surface area contributed by atoms with Gasteiger partial charge in [0.2, 0.25) is 0 Å². The van der Waals surface area contributed by atoms with Crippen LogP contribution < -0.4 is 5.32 Å². The molecule has 8 nitrogen and oxygen atoms in total. The predicted octanol–water partition coefficient (Wildman–Crippen LogP) is 0.274. The van der Waals surface area contributed by atoms with Crippen molar-refractivity contribution >= 4 is 12.0 Å². The largest absolute Gasteiger partial charge is 0.476 e. The van der Waals surface area contributed by atoms with Crippen LogP contribution in [0.4, 0.5) is 4.79 Å². The number of rotatable bonds is 6. The fourth-order valence-electron chi connectivity index (χ4n) is 2.01. The Morgan fingerprint density at radius 2 is 2.30 bits per heavy atom. The second kappa shape index (κ2) is 5.89. The summed E-state index contributed by atoms with van der Waals surface area (Å²) < 4.78 is 1.40. The van der Waals surface area contributed by atoms with Crippen LogP contribution in [0, 0.1) is 11.8 Å². The van der Waals surface area contributed by atoms with E-state index in [4.69, 9.17) is 5.11 Å². The summed E-state index contributed by atoms with van der Waals surface area (Å²) in [6, 6.07) is -0.123. The number of aromatic carboxylic acids is 1. The lowest BCUT2D eigenvalue weighted by molar-refractivity contribution is 0.0690. The maximum atomic E-state index is 11.8. The molecule has 1 aromatic heterocycles. The number of carboxylic acids is 1. The summed E-state index contributed by atoms with van der Waals surface area (Å²) in [5, 5.41) is 18.6. The average Bonchev–Trinajstić information content (AvgIpc) is 2.91. The fraction of sp³-hybridized carbons (Fsp3) is 0.667. The molecule has 0 spiro atoms. The molecular weight excluding hydrogens is 262 g/mol. The molecule has 0 bridgehead atoms. The Labute approximate surface area is 116 Å². The number of carbonyl (C=O) groups excluding carboxylic acids is 1. The monoisotopic (exact) mass is 281 g/mol. The fourth-order valence-corrected chi connectivity index (χ4v) is 2.01. The van der Waals surface area contributed by atoms with Crippen molar-refractivity contribution in [1.82, 2.24) is 25.2 Å². The third-order valence-corrected chi connectivity index (χ3v) is 3.51. The quantitative estimate of drug-likeness (QED) is 0.779. The summed E-state index contributed by atoms with van der Waals surface area (Å²) in [6.45, 7) is 3.73. The molecule has 110 valence electrons. The van der Waals surface area contributed by atoms with E-state index in [0.717, 1.165) is 12.5 Å². The smallest absolute Gasteiger partial charge is 0.358 e. The first-order valence-corrected chi connectivity index (χ1v) is 6.59. The molecule has 1 aromatic rings. The molecule has 0 aliphatic heterocycles. The van der Waals surface area contributed by atoms with Crippen LogP contribution in [0.1, 0.15) is 23.8 Å². The van der Waals surface area contributed by atoms with E-state index in [1.165, 1.54) is 17.3 Å². The predicted molar refractivity (Wildman–Crippen MR) is 70.3 cm³/mol. The Kier molecular flexibility index (Phi) is 4.21. The Morgan fingerprint density at radius 3 is 2.85 bits per heavy atom. The molecule has 8 heteroatoms. The molecule has 0 saturated heterocycles. The zero-order valence-corrected chi connectivity index (χ0v) is 11.6. The van der Waals surface area contributed by atoms with Crippen LogP contribution in [0.5, 0.6) is 0 Å². The minimum atomic E-state index is -1.11. The van der Waals surface area contributed by atoms with Crippen molar-refractivity contribution in [2.45, 2.75) is 19.9 Å². The standard InChI is InChI=1S/C12H19N5O3/c1-8-5-9(8)6-16(2)12(20)13-3-4-17-7-10(11(18)19)14-15-17/h7-9H,3-6H2,1-2H3,(H,13,20)(H,18,19). The van der Waals surface area contributed by atoms with Crippen molar-refractivity contribution in [2.24, 2.45) is 11.8 Å². The Balaban J connectivity index is 1.69. The van der Waals surface area contributed by atoms with Gasteiger partial charge in [-0.3, -0.25) is 0 Å². The third kappa shape index (κ3) is 3.69. The van der Waals surface area contributed by atoms with Gasteiger partial charge in [-0.1, -0.05) is 12.1 Å². The van der Waals surface area contributed by atoms with Crippen LogP contribution >= 0.6 is 0 Å². The molecule has 1 heterocycles. The first-order valence-electron chi connectivity index (χ1n) is 6.59. The van der Waals surface area contributed by atoms with Gasteiger partial charge >= 0.3 is 12.0 Å². The van der Waals surface area contributed by atoms with Gasteiger partial charge in [0.15, 0.2) is 5.69 Å². The summed E-state index contributed by atoms with van der Waals surface area (Å²) in [7, 11) is 1.78. The Bertz CT molecular complexity index is 501. The average molecular weight is 281 g/mol. The third-order valence-electron chi connectivity index (χ3n) is 3.51. The van der Waals surface area contributed by atoms with E-state index in [1.54, 1.807) is 11.9 Å². The molecule has 0 aromatic carbocycles. The van der Waals surface area contributed by atoms with Crippen LogP contribution in [-0.4, -0.2) is 57.1 Å². The SMILES string of the molecule is CC1CC1CN(C)C(=O)NCCn1cc(C(=O)O)nn1. The lowest BCUT2D eigenvalue weighted by Gasteiger charge is -2.17. The van der Waals surface area contributed by atoms with Gasteiger partial charge in [-0.15, -0.1) is 5.10 Å². The van der Waals surface area contributed by atoms with Crippen LogP contribution in [-0.2, 0) is 6.54 Å². The summed E-state index contributed by atoms with van der Waals surface area (Å²) in [5.74, 6) is 0.229. The van der Waals surface area contributed by atoms with E-state index in [2.05, 4.69) is 22.6 Å². The van der Waals surface area contributed by atoms with Gasteiger partial charge < -0.3 is 15.3 Å². The summed E-state index contributed by atoms with van der Waals surface area (Å²) in [5.41, 5.74) is -0.101. The van der Waals surface area contributed by atoms with E-state index in [0.29, 0.717) is 19.0 Å². The summed E-state index contributed by atoms with van der Waals surface area (Å²) >= 11 is 0. The normalized spacial score (nSPS) is 20.5. The first kappa shape index (κ1) is 14.3. The number of hydrogen-bond acceptors (Lipinski definition) is 4. The molecule has 20 heavy (non-hydrogen) atoms. The molecule has 2 N–H and O–H groups in total. The molecule has 2 amide bonds. The van der Waals surface area contributed by atoms with Gasteiger partial charge in [-0.05, 0) is 18.3 Å². The summed E-state index contributed by atoms with van der Waals surface area (Å²) in [6.07, 6.45) is 2.53. The number of hydrogen-bond donors (Lipinski definition) is 2. The molecule has 1 fully saturated rings. The maximum Gasteiger partial charge on any atom is 0.358 e. The van der Waals surface area contributed by atoms with E-state index in [-0.39, 0.29) is 11.7 Å². The van der Waals surface area contributed by atoms with Crippen molar-refractivity contribution in [3.8, 4) is 0 Å². The molecular formula is C12H19N5O3. The molecule has 1 aliphatic carbocycles. The number of nitrogens with zero attached hydrogens (tertiary/aromatic N) is 4. The van der Waals surface area contributed by atoms with Crippen molar-refractivity contribution in [1.29, 1.82) is 0 Å². The topological polar surface area (TPSA) is 100 Å². The molecule has 2 atom stereocenters. The van der Waals surface area contributed by atoms with E-state index < -0.39 is 5.97 Å². The van der Waals surface area contributed by atoms with Gasteiger partial charge in [-0.2, -0.15) is 0 Å². The van der Waals surface area contributed by atoms with Crippen molar-refractivity contribution in [3.63, 3.8) is 0 Å². The minimum absolute atomic E-state index is 0.101. The van der Waals surface area contributed by atoms with Crippen molar-refractivity contribution < 1.29 is 14.7 Å². The second-order valence-electron chi connectivity index (χ2n) is 5.26. The zero-order chi connectivity index (χ0) is 14.7. The van der Waals surface area contributed by atoms with Crippen LogP contribution in [0.15, 0.2) is 6.20 Å². The molecule has 2 rings (SSSR count). The summed E-state index contributed by atoms with van der Waals surface area (Å²) in [4.78, 5) is 24.1. The van der Waals surface area contributed by atoms with E-state index in [1.807, 2.05) is 0 Å². The maximum absolute atomic E-state index is 11.8. The van der Waals surface area contributed by atoms with Crippen LogP contribution in [0.2, 0.25) is 0 Å². The Hall–Kier alpha value is -2.12. The van der Waals surface area contributed by atoms with Crippen molar-refractivity contribution in [2.75, 3.05) is 20.1 Å². The van der Waals surface area contributed by atoms with Crippen LogP contribution in [0.3, 0.4) is 0 Å². The molecule has 1 aliphatic rings. The highest BCUT2D eigenvalue weighted by atomic mass is 16.4. The minimum Gasteiger partial charge on any atom is -0.476 e. The molecule has 1 saturated carbocycles. The number of amides is 2. The van der Waals surface area contributed by atoms with Crippen LogP contribution in [0.25, 0.3) is 0 Å². The zero-order valence-electron chi connectivity index (χ0n) is 11.6. The van der Waals surface area contributed by atoms with Gasteiger partial charge in [0.25, 0.3) is 0 Å². The van der Waals surface area contributed by atoms with E-state index in [9.17, 15) is 9.59 Å². The van der Waals surface area contributed by atoms with E-state index >= 15 is 0 Å². The van der Waals surface area contributed by atoms with Gasteiger partial charge in [0.05, 0.1) is 12.7 Å². The number of nitrogens with one attached hydrogen (secondary N) is 1. The highest BCUT2D eigenvalue weighted by Crippen LogP contribution is 2.37. The molecule has 0 radical (unpaired) electrons. The first-order chi connectivity index (χ1) is 9.47. The lowest BCUT2D eigenvalue weighted by Crippen LogP contribution is -2.39. The number of carboxylic acid groups (broad SMARTS) is 1. The number of carbonyl (C=O) groups is 2.